The Balaban J connectivity index is 1.51. The first-order chi connectivity index (χ1) is 13.0. The molecule has 3 heterocycles. The summed E-state index contributed by atoms with van der Waals surface area (Å²) in [6, 6.07) is 4.29. The first kappa shape index (κ1) is 17.9. The number of piperidine rings is 1. The fourth-order valence-electron chi connectivity index (χ4n) is 3.89. The van der Waals surface area contributed by atoms with Crippen LogP contribution >= 0.6 is 0 Å². The van der Waals surface area contributed by atoms with Crippen molar-refractivity contribution in [2.45, 2.75) is 33.6 Å². The van der Waals surface area contributed by atoms with Gasteiger partial charge in [-0.2, -0.15) is 0 Å². The molecule has 0 radical (unpaired) electrons. The minimum absolute atomic E-state index is 0.700. The van der Waals surface area contributed by atoms with E-state index in [0.29, 0.717) is 11.9 Å². The number of likely N-dealkylation sites (tertiary alicyclic amines) is 1. The van der Waals surface area contributed by atoms with Crippen LogP contribution in [0.1, 0.15) is 29.7 Å². The Morgan fingerprint density at radius 2 is 1.93 bits per heavy atom. The molecule has 0 unspecified atom stereocenters. The molecule has 2 N–H and O–H groups in total. The van der Waals surface area contributed by atoms with Gasteiger partial charge in [0.25, 0.3) is 0 Å². The Morgan fingerprint density at radius 1 is 1.15 bits per heavy atom. The van der Waals surface area contributed by atoms with Crippen molar-refractivity contribution in [1.29, 1.82) is 0 Å². The van der Waals surface area contributed by atoms with Gasteiger partial charge >= 0.3 is 0 Å². The van der Waals surface area contributed by atoms with Crippen molar-refractivity contribution >= 4 is 17.0 Å². The van der Waals surface area contributed by atoms with E-state index in [9.17, 15) is 0 Å². The van der Waals surface area contributed by atoms with Crippen LogP contribution in [0, 0.1) is 26.7 Å². The van der Waals surface area contributed by atoms with E-state index in [2.05, 4.69) is 58.2 Å². The number of aromatic amines is 1. The van der Waals surface area contributed by atoms with Crippen LogP contribution in [-0.4, -0.2) is 51.5 Å². The number of anilines is 1. The van der Waals surface area contributed by atoms with Crippen LogP contribution in [0.15, 0.2) is 18.3 Å². The van der Waals surface area contributed by atoms with Crippen molar-refractivity contribution in [2.24, 2.45) is 5.92 Å². The van der Waals surface area contributed by atoms with Crippen LogP contribution in [-0.2, 0) is 0 Å². The smallest absolute Gasteiger partial charge is 0.222 e. The van der Waals surface area contributed by atoms with Gasteiger partial charge in [0.1, 0.15) is 5.82 Å². The summed E-state index contributed by atoms with van der Waals surface area (Å²) >= 11 is 0. The van der Waals surface area contributed by atoms with Gasteiger partial charge in [0, 0.05) is 12.7 Å². The third kappa shape index (κ3) is 3.81. The maximum atomic E-state index is 4.78. The molecule has 0 atom stereocenters. The Labute approximate surface area is 160 Å². The molecule has 6 nitrogen and oxygen atoms in total. The summed E-state index contributed by atoms with van der Waals surface area (Å²) in [7, 11) is 2.19. The minimum atomic E-state index is 0.700. The molecule has 6 heteroatoms. The van der Waals surface area contributed by atoms with Crippen LogP contribution in [0.4, 0.5) is 5.95 Å². The molecule has 1 fully saturated rings. The monoisotopic (exact) mass is 364 g/mol. The normalized spacial score (nSPS) is 16.1. The molecular formula is C21H28N6. The van der Waals surface area contributed by atoms with E-state index < -0.39 is 0 Å². The van der Waals surface area contributed by atoms with Gasteiger partial charge in [0.05, 0.1) is 22.3 Å². The molecule has 1 aliphatic heterocycles. The number of hydrogen-bond donors (Lipinski definition) is 2. The van der Waals surface area contributed by atoms with Crippen LogP contribution in [0.5, 0.6) is 0 Å². The maximum Gasteiger partial charge on any atom is 0.222 e. The molecular weight excluding hydrogens is 336 g/mol. The lowest BCUT2D eigenvalue weighted by Gasteiger charge is -2.28. The average molecular weight is 364 g/mol. The summed E-state index contributed by atoms with van der Waals surface area (Å²) in [6.45, 7) is 9.51. The van der Waals surface area contributed by atoms with Crippen molar-refractivity contribution in [1.82, 2.24) is 24.8 Å². The lowest BCUT2D eigenvalue weighted by molar-refractivity contribution is 0.226. The highest BCUT2D eigenvalue weighted by molar-refractivity contribution is 5.83. The molecule has 1 aromatic carbocycles. The van der Waals surface area contributed by atoms with E-state index in [1.165, 1.54) is 37.1 Å². The number of nitrogens with one attached hydrogen (secondary N) is 2. The number of H-pyrrole nitrogens is 1. The molecule has 142 valence electrons. The van der Waals surface area contributed by atoms with Crippen molar-refractivity contribution in [3.63, 3.8) is 0 Å². The van der Waals surface area contributed by atoms with E-state index >= 15 is 0 Å². The SMILES string of the molecule is Cc1cc(C)c2nc(-c3cnc(NCC4CCN(C)CC4)nc3C)[nH]c2c1. The molecule has 4 rings (SSSR count). The van der Waals surface area contributed by atoms with Gasteiger partial charge in [0.2, 0.25) is 5.95 Å². The Morgan fingerprint density at radius 3 is 2.67 bits per heavy atom. The highest BCUT2D eigenvalue weighted by atomic mass is 15.1. The van der Waals surface area contributed by atoms with Crippen molar-refractivity contribution in [2.75, 3.05) is 32.0 Å². The molecule has 0 aliphatic carbocycles. The molecule has 27 heavy (non-hydrogen) atoms. The maximum absolute atomic E-state index is 4.78. The molecule has 3 aromatic rings. The molecule has 2 aromatic heterocycles. The summed E-state index contributed by atoms with van der Waals surface area (Å²) in [6.07, 6.45) is 4.34. The fraction of sp³-hybridized carbons (Fsp3) is 0.476. The van der Waals surface area contributed by atoms with E-state index in [4.69, 9.17) is 4.98 Å². The quantitative estimate of drug-likeness (QED) is 0.739. The zero-order valence-electron chi connectivity index (χ0n) is 16.6. The number of aromatic nitrogens is 4. The Bertz CT molecular complexity index is 953. The number of hydrogen-bond acceptors (Lipinski definition) is 5. The van der Waals surface area contributed by atoms with Crippen LogP contribution < -0.4 is 5.32 Å². The van der Waals surface area contributed by atoms with Crippen LogP contribution in [0.2, 0.25) is 0 Å². The summed E-state index contributed by atoms with van der Waals surface area (Å²) in [5, 5.41) is 3.42. The second-order valence-corrected chi connectivity index (χ2v) is 7.88. The standard InChI is InChI=1S/C21H28N6/c1-13-9-14(2)19-18(10-13)25-20(26-19)17-12-23-21(24-15(17)3)22-11-16-5-7-27(4)8-6-16/h9-10,12,16H,5-8,11H2,1-4H3,(H,25,26)(H,22,23,24). The van der Waals surface area contributed by atoms with Crippen LogP contribution in [0.25, 0.3) is 22.4 Å². The van der Waals surface area contributed by atoms with E-state index in [1.54, 1.807) is 0 Å². The van der Waals surface area contributed by atoms with Crippen molar-refractivity contribution < 1.29 is 0 Å². The first-order valence-electron chi connectivity index (χ1n) is 9.73. The molecule has 1 saturated heterocycles. The van der Waals surface area contributed by atoms with Gasteiger partial charge in [-0.1, -0.05) is 6.07 Å². The van der Waals surface area contributed by atoms with Gasteiger partial charge in [-0.25, -0.2) is 15.0 Å². The fourth-order valence-corrected chi connectivity index (χ4v) is 3.89. The highest BCUT2D eigenvalue weighted by Crippen LogP contribution is 2.25. The predicted octanol–water partition coefficient (Wildman–Crippen LogP) is 3.70. The van der Waals surface area contributed by atoms with Gasteiger partial charge in [-0.15, -0.1) is 0 Å². The third-order valence-corrected chi connectivity index (χ3v) is 5.54. The Kier molecular flexibility index (Phi) is 4.83. The molecule has 0 saturated carbocycles. The zero-order chi connectivity index (χ0) is 19.0. The van der Waals surface area contributed by atoms with Gasteiger partial charge < -0.3 is 15.2 Å². The average Bonchev–Trinajstić information content (AvgIpc) is 3.05. The summed E-state index contributed by atoms with van der Waals surface area (Å²) in [5.74, 6) is 2.24. The summed E-state index contributed by atoms with van der Waals surface area (Å²) in [4.78, 5) is 19.8. The second kappa shape index (κ2) is 7.27. The molecule has 0 spiro atoms. The van der Waals surface area contributed by atoms with E-state index in [0.717, 1.165) is 34.7 Å². The number of imidazole rings is 1. The third-order valence-electron chi connectivity index (χ3n) is 5.54. The zero-order valence-corrected chi connectivity index (χ0v) is 16.6. The Hall–Kier alpha value is -2.47. The second-order valence-electron chi connectivity index (χ2n) is 7.88. The summed E-state index contributed by atoms with van der Waals surface area (Å²) in [5.41, 5.74) is 6.38. The summed E-state index contributed by atoms with van der Waals surface area (Å²) < 4.78 is 0. The predicted molar refractivity (Wildman–Crippen MR) is 110 cm³/mol. The van der Waals surface area contributed by atoms with Crippen molar-refractivity contribution in [3.8, 4) is 11.4 Å². The highest BCUT2D eigenvalue weighted by Gasteiger charge is 2.17. The van der Waals surface area contributed by atoms with Gasteiger partial charge in [-0.05, 0) is 76.9 Å². The molecule has 0 bridgehead atoms. The lowest BCUT2D eigenvalue weighted by atomic mass is 9.97. The first-order valence-corrected chi connectivity index (χ1v) is 9.73. The topological polar surface area (TPSA) is 69.7 Å². The molecule has 1 aliphatic rings. The minimum Gasteiger partial charge on any atom is -0.354 e. The van der Waals surface area contributed by atoms with Crippen molar-refractivity contribution in [3.05, 3.63) is 35.2 Å². The van der Waals surface area contributed by atoms with Gasteiger partial charge in [0.15, 0.2) is 0 Å². The number of aryl methyl sites for hydroxylation is 3. The molecule has 0 amide bonds. The number of rotatable bonds is 4. The number of nitrogens with zero attached hydrogens (tertiary/aromatic N) is 4. The largest absolute Gasteiger partial charge is 0.354 e. The lowest BCUT2D eigenvalue weighted by Crippen LogP contribution is -2.33. The van der Waals surface area contributed by atoms with E-state index in [1.807, 2.05) is 13.1 Å². The number of fused-ring (bicyclic) bond motifs is 1. The van der Waals surface area contributed by atoms with Crippen LogP contribution in [0.3, 0.4) is 0 Å². The number of benzene rings is 1. The van der Waals surface area contributed by atoms with E-state index in [-0.39, 0.29) is 0 Å². The van der Waals surface area contributed by atoms with Gasteiger partial charge in [-0.3, -0.25) is 0 Å².